The maximum atomic E-state index is 13.0. The van der Waals surface area contributed by atoms with E-state index in [2.05, 4.69) is 0 Å². The zero-order valence-electron chi connectivity index (χ0n) is 15.3. The molecule has 0 spiro atoms. The zero-order valence-corrected chi connectivity index (χ0v) is 16.1. The average Bonchev–Trinajstić information content (AvgIpc) is 2.69. The highest BCUT2D eigenvalue weighted by atomic mass is 35.5. The van der Waals surface area contributed by atoms with E-state index in [9.17, 15) is 14.7 Å². The van der Waals surface area contributed by atoms with Crippen molar-refractivity contribution in [3.05, 3.63) is 51.6 Å². The molecule has 0 fully saturated rings. The number of aliphatic carboxylic acids is 1. The molecule has 146 valence electrons. The van der Waals surface area contributed by atoms with Gasteiger partial charge in [-0.2, -0.15) is 0 Å². The molecule has 1 aromatic heterocycles. The second kappa shape index (κ2) is 7.82. The van der Waals surface area contributed by atoms with Gasteiger partial charge in [0.2, 0.25) is 11.2 Å². The number of hydrogen-bond donors (Lipinski definition) is 1. The van der Waals surface area contributed by atoms with Gasteiger partial charge in [0.05, 0.1) is 19.6 Å². The standard InChI is InChI=1S/C20H17ClO7/c1-10(20(23)24)27-19-17(22)13-9-12(21)5-7-14(13)28-18(19)11-4-6-15(25-2)16(8-11)26-3/h4-10H,1-3H3,(H,23,24)/t10-/m0/s1. The number of methoxy groups -OCH3 is 2. The molecule has 0 saturated carbocycles. The summed E-state index contributed by atoms with van der Waals surface area (Å²) in [6.07, 6.45) is -1.27. The van der Waals surface area contributed by atoms with E-state index in [-0.39, 0.29) is 22.5 Å². The predicted molar refractivity (Wildman–Crippen MR) is 104 cm³/mol. The molecule has 0 saturated heterocycles. The highest BCUT2D eigenvalue weighted by Gasteiger charge is 2.23. The molecule has 2 aromatic carbocycles. The van der Waals surface area contributed by atoms with Gasteiger partial charge < -0.3 is 23.7 Å². The van der Waals surface area contributed by atoms with Crippen LogP contribution in [-0.4, -0.2) is 31.4 Å². The number of carboxylic acid groups (broad SMARTS) is 1. The molecule has 3 aromatic rings. The number of carbonyl (C=O) groups is 1. The van der Waals surface area contributed by atoms with Crippen molar-refractivity contribution in [1.29, 1.82) is 0 Å². The third kappa shape index (κ3) is 3.61. The van der Waals surface area contributed by atoms with Crippen molar-refractivity contribution in [2.75, 3.05) is 14.2 Å². The molecule has 8 heteroatoms. The second-order valence-corrected chi connectivity index (χ2v) is 6.33. The predicted octanol–water partition coefficient (Wildman–Crippen LogP) is 3.98. The maximum Gasteiger partial charge on any atom is 0.344 e. The normalized spacial score (nSPS) is 11.9. The lowest BCUT2D eigenvalue weighted by atomic mass is 10.1. The molecule has 1 N–H and O–H groups in total. The number of hydrogen-bond acceptors (Lipinski definition) is 6. The summed E-state index contributed by atoms with van der Waals surface area (Å²) in [5.74, 6) is -0.465. The zero-order chi connectivity index (χ0) is 20.4. The van der Waals surface area contributed by atoms with Crippen molar-refractivity contribution in [1.82, 2.24) is 0 Å². The van der Waals surface area contributed by atoms with E-state index in [1.165, 1.54) is 27.2 Å². The first-order valence-electron chi connectivity index (χ1n) is 8.24. The molecule has 0 unspecified atom stereocenters. The molecule has 1 heterocycles. The fourth-order valence-electron chi connectivity index (χ4n) is 2.65. The molecule has 0 bridgehead atoms. The van der Waals surface area contributed by atoms with Gasteiger partial charge in [-0.25, -0.2) is 4.79 Å². The molecule has 0 radical (unpaired) electrons. The van der Waals surface area contributed by atoms with Crippen LogP contribution in [0.1, 0.15) is 6.92 Å². The Bertz CT molecular complexity index is 1100. The van der Waals surface area contributed by atoms with Crippen molar-refractivity contribution >= 4 is 28.5 Å². The molecule has 0 aliphatic heterocycles. The summed E-state index contributed by atoms with van der Waals surface area (Å²) in [6.45, 7) is 1.32. The Morgan fingerprint density at radius 2 is 1.82 bits per heavy atom. The minimum atomic E-state index is -1.27. The van der Waals surface area contributed by atoms with Gasteiger partial charge in [0.1, 0.15) is 5.58 Å². The van der Waals surface area contributed by atoms with Crippen LogP contribution in [0.25, 0.3) is 22.3 Å². The molecule has 0 aliphatic carbocycles. The van der Waals surface area contributed by atoms with Crippen molar-refractivity contribution in [2.45, 2.75) is 13.0 Å². The van der Waals surface area contributed by atoms with Crippen LogP contribution in [0.3, 0.4) is 0 Å². The van der Waals surface area contributed by atoms with Crippen LogP contribution in [-0.2, 0) is 4.79 Å². The third-order valence-electron chi connectivity index (χ3n) is 4.10. The van der Waals surface area contributed by atoms with Crippen LogP contribution >= 0.6 is 11.6 Å². The molecular formula is C20H17ClO7. The van der Waals surface area contributed by atoms with Gasteiger partial charge in [-0.05, 0) is 43.3 Å². The largest absolute Gasteiger partial charge is 0.493 e. The van der Waals surface area contributed by atoms with Crippen LogP contribution in [0.2, 0.25) is 5.02 Å². The summed E-state index contributed by atoms with van der Waals surface area (Å²) in [4.78, 5) is 24.3. The Labute approximate surface area is 165 Å². The average molecular weight is 405 g/mol. The van der Waals surface area contributed by atoms with E-state index in [0.29, 0.717) is 22.1 Å². The monoisotopic (exact) mass is 404 g/mol. The molecule has 0 amide bonds. The van der Waals surface area contributed by atoms with Gasteiger partial charge in [-0.1, -0.05) is 11.6 Å². The second-order valence-electron chi connectivity index (χ2n) is 5.90. The topological polar surface area (TPSA) is 95.2 Å². The lowest BCUT2D eigenvalue weighted by molar-refractivity contribution is -0.144. The summed E-state index contributed by atoms with van der Waals surface area (Å²) in [5, 5.41) is 9.72. The first kappa shape index (κ1) is 19.6. The van der Waals surface area contributed by atoms with E-state index < -0.39 is 17.5 Å². The minimum Gasteiger partial charge on any atom is -0.493 e. The molecule has 3 rings (SSSR count). The SMILES string of the molecule is COc1ccc(-c2oc3ccc(Cl)cc3c(=O)c2O[C@@H](C)C(=O)O)cc1OC. The van der Waals surface area contributed by atoms with Crippen molar-refractivity contribution in [2.24, 2.45) is 0 Å². The Balaban J connectivity index is 2.29. The van der Waals surface area contributed by atoms with E-state index in [4.69, 9.17) is 30.2 Å². The molecule has 1 atom stereocenters. The number of halogens is 1. The molecule has 0 aliphatic rings. The Kier molecular flexibility index (Phi) is 5.46. The smallest absolute Gasteiger partial charge is 0.344 e. The molecule has 28 heavy (non-hydrogen) atoms. The summed E-state index contributed by atoms with van der Waals surface area (Å²) in [7, 11) is 2.98. The fourth-order valence-corrected chi connectivity index (χ4v) is 2.82. The number of benzene rings is 2. The fraction of sp³-hybridized carbons (Fsp3) is 0.200. The third-order valence-corrected chi connectivity index (χ3v) is 4.33. The van der Waals surface area contributed by atoms with E-state index in [1.807, 2.05) is 0 Å². The highest BCUT2D eigenvalue weighted by Crippen LogP contribution is 2.37. The Morgan fingerprint density at radius 3 is 2.46 bits per heavy atom. The summed E-state index contributed by atoms with van der Waals surface area (Å²) in [6, 6.07) is 9.50. The Hall–Kier alpha value is -3.19. The highest BCUT2D eigenvalue weighted by molar-refractivity contribution is 6.31. The molecular weight excluding hydrogens is 388 g/mol. The van der Waals surface area contributed by atoms with Gasteiger partial charge in [-0.3, -0.25) is 4.79 Å². The summed E-state index contributed by atoms with van der Waals surface area (Å²) >= 11 is 5.98. The van der Waals surface area contributed by atoms with Gasteiger partial charge in [0.15, 0.2) is 23.4 Å². The van der Waals surface area contributed by atoms with Gasteiger partial charge >= 0.3 is 5.97 Å². The van der Waals surface area contributed by atoms with E-state index in [1.54, 1.807) is 30.3 Å². The quantitative estimate of drug-likeness (QED) is 0.663. The van der Waals surface area contributed by atoms with Crippen LogP contribution in [0.15, 0.2) is 45.6 Å². The lowest BCUT2D eigenvalue weighted by Crippen LogP contribution is -2.26. The van der Waals surface area contributed by atoms with Crippen LogP contribution < -0.4 is 19.6 Å². The van der Waals surface area contributed by atoms with Crippen molar-refractivity contribution in [3.63, 3.8) is 0 Å². The summed E-state index contributed by atoms with van der Waals surface area (Å²) in [5.41, 5.74) is 0.218. The van der Waals surface area contributed by atoms with Gasteiger partial charge in [0.25, 0.3) is 0 Å². The van der Waals surface area contributed by atoms with Crippen molar-refractivity contribution in [3.8, 4) is 28.6 Å². The van der Waals surface area contributed by atoms with Crippen LogP contribution in [0, 0.1) is 0 Å². The lowest BCUT2D eigenvalue weighted by Gasteiger charge is -2.15. The number of carboxylic acids is 1. The number of rotatable bonds is 6. The Morgan fingerprint density at radius 1 is 1.11 bits per heavy atom. The van der Waals surface area contributed by atoms with Crippen LogP contribution in [0.5, 0.6) is 17.2 Å². The summed E-state index contributed by atoms with van der Waals surface area (Å²) < 4.78 is 21.9. The molecule has 7 nitrogen and oxygen atoms in total. The maximum absolute atomic E-state index is 13.0. The van der Waals surface area contributed by atoms with E-state index in [0.717, 1.165) is 0 Å². The van der Waals surface area contributed by atoms with Gasteiger partial charge in [-0.15, -0.1) is 0 Å². The van der Waals surface area contributed by atoms with Gasteiger partial charge in [0, 0.05) is 10.6 Å². The first-order valence-corrected chi connectivity index (χ1v) is 8.61. The number of fused-ring (bicyclic) bond motifs is 1. The van der Waals surface area contributed by atoms with E-state index >= 15 is 0 Å². The van der Waals surface area contributed by atoms with Crippen molar-refractivity contribution < 1.29 is 28.5 Å². The minimum absolute atomic E-state index is 0.0777. The van der Waals surface area contributed by atoms with Crippen LogP contribution in [0.4, 0.5) is 0 Å². The number of ether oxygens (including phenoxy) is 3. The first-order chi connectivity index (χ1) is 13.3.